The maximum absolute atomic E-state index is 13.0. The fourth-order valence-corrected chi connectivity index (χ4v) is 2.22. The van der Waals surface area contributed by atoms with Gasteiger partial charge in [-0.3, -0.25) is 4.79 Å². The minimum Gasteiger partial charge on any atom is -0.484 e. The molecule has 6 heteroatoms. The fraction of sp³-hybridized carbons (Fsp3) is 0.0714. The maximum Gasteiger partial charge on any atom is 0.200 e. The molecule has 0 saturated heterocycles. The van der Waals surface area contributed by atoms with Gasteiger partial charge >= 0.3 is 0 Å². The van der Waals surface area contributed by atoms with Crippen LogP contribution in [-0.4, -0.2) is 12.4 Å². The van der Waals surface area contributed by atoms with Gasteiger partial charge in [0.15, 0.2) is 24.0 Å². The van der Waals surface area contributed by atoms with Gasteiger partial charge in [0.05, 0.1) is 5.02 Å². The Morgan fingerprint density at radius 3 is 2.55 bits per heavy atom. The van der Waals surface area contributed by atoms with E-state index in [4.69, 9.17) is 16.3 Å². The van der Waals surface area contributed by atoms with Crippen LogP contribution in [0.25, 0.3) is 0 Å². The van der Waals surface area contributed by atoms with Crippen LogP contribution < -0.4 is 4.74 Å². The highest BCUT2D eigenvalue weighted by atomic mass is 79.9. The van der Waals surface area contributed by atoms with E-state index in [1.54, 1.807) is 18.2 Å². The number of rotatable bonds is 4. The summed E-state index contributed by atoms with van der Waals surface area (Å²) in [4.78, 5) is 11.8. The summed E-state index contributed by atoms with van der Waals surface area (Å²) in [6, 6.07) is 7.87. The molecule has 0 aliphatic carbocycles. The maximum atomic E-state index is 13.0. The van der Waals surface area contributed by atoms with Gasteiger partial charge in [-0.1, -0.05) is 27.5 Å². The number of ketones is 1. The van der Waals surface area contributed by atoms with Gasteiger partial charge in [-0.2, -0.15) is 0 Å². The van der Waals surface area contributed by atoms with Crippen molar-refractivity contribution in [3.05, 3.63) is 63.1 Å². The molecular formula is C14H8BrClF2O2. The number of Topliss-reactive ketones (excluding diaryl/α,β-unsaturated/α-hetero) is 1. The van der Waals surface area contributed by atoms with Crippen LogP contribution in [0.5, 0.6) is 5.75 Å². The summed E-state index contributed by atoms with van der Waals surface area (Å²) in [6.45, 7) is -0.313. The van der Waals surface area contributed by atoms with E-state index in [9.17, 15) is 13.6 Å². The SMILES string of the molecule is O=C(COc1ccc(Br)cc1Cl)c1ccc(F)c(F)c1. The van der Waals surface area contributed by atoms with Crippen molar-refractivity contribution < 1.29 is 18.3 Å². The minimum atomic E-state index is -1.07. The highest BCUT2D eigenvalue weighted by Crippen LogP contribution is 2.27. The van der Waals surface area contributed by atoms with Crippen molar-refractivity contribution in [3.8, 4) is 5.75 Å². The van der Waals surface area contributed by atoms with E-state index >= 15 is 0 Å². The van der Waals surface area contributed by atoms with Crippen LogP contribution in [0.4, 0.5) is 8.78 Å². The van der Waals surface area contributed by atoms with Crippen molar-refractivity contribution in [3.63, 3.8) is 0 Å². The molecule has 0 aliphatic rings. The van der Waals surface area contributed by atoms with Crippen LogP contribution in [0.3, 0.4) is 0 Å². The Bertz CT molecular complexity index is 662. The summed E-state index contributed by atoms with van der Waals surface area (Å²) >= 11 is 9.17. The predicted molar refractivity (Wildman–Crippen MR) is 75.3 cm³/mol. The van der Waals surface area contributed by atoms with Crippen LogP contribution in [0.1, 0.15) is 10.4 Å². The van der Waals surface area contributed by atoms with Gasteiger partial charge < -0.3 is 4.74 Å². The standard InChI is InChI=1S/C14H8BrClF2O2/c15-9-2-4-14(10(16)6-9)20-7-13(19)8-1-3-11(17)12(18)5-8/h1-6H,7H2. The van der Waals surface area contributed by atoms with Crippen LogP contribution in [0.2, 0.25) is 5.02 Å². The van der Waals surface area contributed by atoms with Gasteiger partial charge in [0.2, 0.25) is 0 Å². The molecule has 0 spiro atoms. The van der Waals surface area contributed by atoms with Crippen LogP contribution in [-0.2, 0) is 0 Å². The topological polar surface area (TPSA) is 26.3 Å². The molecule has 2 nitrogen and oxygen atoms in total. The van der Waals surface area contributed by atoms with Crippen LogP contribution in [0, 0.1) is 11.6 Å². The third kappa shape index (κ3) is 3.55. The third-order valence-electron chi connectivity index (χ3n) is 2.49. The molecule has 20 heavy (non-hydrogen) atoms. The number of ether oxygens (including phenoxy) is 1. The van der Waals surface area contributed by atoms with Crippen molar-refractivity contribution >= 4 is 33.3 Å². The molecule has 104 valence electrons. The Morgan fingerprint density at radius 1 is 1.15 bits per heavy atom. The first-order chi connectivity index (χ1) is 9.47. The van der Waals surface area contributed by atoms with Gasteiger partial charge in [-0.15, -0.1) is 0 Å². The molecule has 0 unspecified atom stereocenters. The second-order valence-electron chi connectivity index (χ2n) is 3.92. The van der Waals surface area contributed by atoms with Crippen molar-refractivity contribution in [2.24, 2.45) is 0 Å². The quantitative estimate of drug-likeness (QED) is 0.742. The molecule has 0 fully saturated rings. The lowest BCUT2D eigenvalue weighted by molar-refractivity contribution is 0.0921. The number of benzene rings is 2. The molecule has 0 N–H and O–H groups in total. The first-order valence-electron chi connectivity index (χ1n) is 5.53. The monoisotopic (exact) mass is 360 g/mol. The Morgan fingerprint density at radius 2 is 1.90 bits per heavy atom. The highest BCUT2D eigenvalue weighted by Gasteiger charge is 2.11. The largest absolute Gasteiger partial charge is 0.484 e. The fourth-order valence-electron chi connectivity index (χ4n) is 1.49. The van der Waals surface area contributed by atoms with Gasteiger partial charge in [-0.25, -0.2) is 8.78 Å². The van der Waals surface area contributed by atoms with Gasteiger partial charge in [0.1, 0.15) is 5.75 Å². The Balaban J connectivity index is 2.06. The molecule has 0 bridgehead atoms. The smallest absolute Gasteiger partial charge is 0.200 e. The molecular weight excluding hydrogens is 354 g/mol. The molecule has 0 amide bonds. The van der Waals surface area contributed by atoms with Gasteiger partial charge in [0, 0.05) is 10.0 Å². The summed E-state index contributed by atoms with van der Waals surface area (Å²) in [6.07, 6.45) is 0. The van der Waals surface area contributed by atoms with Crippen molar-refractivity contribution in [1.82, 2.24) is 0 Å². The third-order valence-corrected chi connectivity index (χ3v) is 3.28. The number of carbonyl (C=O) groups excluding carboxylic acids is 1. The lowest BCUT2D eigenvalue weighted by atomic mass is 10.1. The van der Waals surface area contributed by atoms with Crippen LogP contribution in [0.15, 0.2) is 40.9 Å². The zero-order valence-electron chi connectivity index (χ0n) is 10.00. The Labute approximate surface area is 127 Å². The summed E-state index contributed by atoms with van der Waals surface area (Å²) < 4.78 is 31.8. The molecule has 2 aromatic carbocycles. The van der Waals surface area contributed by atoms with E-state index in [0.29, 0.717) is 10.8 Å². The van der Waals surface area contributed by atoms with E-state index in [0.717, 1.165) is 16.6 Å². The van der Waals surface area contributed by atoms with E-state index in [2.05, 4.69) is 15.9 Å². The summed E-state index contributed by atoms with van der Waals surface area (Å²) in [5.74, 6) is -2.20. The summed E-state index contributed by atoms with van der Waals surface area (Å²) in [5.41, 5.74) is 0.0390. The van der Waals surface area contributed by atoms with Crippen molar-refractivity contribution in [2.75, 3.05) is 6.61 Å². The predicted octanol–water partition coefficient (Wildman–Crippen LogP) is 4.64. The first-order valence-corrected chi connectivity index (χ1v) is 6.70. The second kappa shape index (κ2) is 6.33. The normalized spacial score (nSPS) is 10.4. The molecule has 0 radical (unpaired) electrons. The molecule has 0 aliphatic heterocycles. The zero-order valence-corrected chi connectivity index (χ0v) is 12.3. The molecule has 0 aromatic heterocycles. The van der Waals surface area contributed by atoms with Crippen molar-refractivity contribution in [1.29, 1.82) is 0 Å². The number of hydrogen-bond acceptors (Lipinski definition) is 2. The summed E-state index contributed by atoms with van der Waals surface area (Å²) in [7, 11) is 0. The molecule has 2 aromatic rings. The molecule has 0 saturated carbocycles. The van der Waals surface area contributed by atoms with Gasteiger partial charge in [-0.05, 0) is 36.4 Å². The lowest BCUT2D eigenvalue weighted by Gasteiger charge is -2.08. The number of halogens is 4. The lowest BCUT2D eigenvalue weighted by Crippen LogP contribution is -2.12. The molecule has 0 atom stereocenters. The van der Waals surface area contributed by atoms with E-state index in [-0.39, 0.29) is 12.2 Å². The second-order valence-corrected chi connectivity index (χ2v) is 5.24. The molecule has 2 rings (SSSR count). The number of carbonyl (C=O) groups is 1. The average Bonchev–Trinajstić information content (AvgIpc) is 2.40. The average molecular weight is 362 g/mol. The van der Waals surface area contributed by atoms with Gasteiger partial charge in [0.25, 0.3) is 0 Å². The van der Waals surface area contributed by atoms with E-state index in [1.807, 2.05) is 0 Å². The number of hydrogen-bond donors (Lipinski definition) is 0. The summed E-state index contributed by atoms with van der Waals surface area (Å²) in [5, 5.41) is 0.345. The van der Waals surface area contributed by atoms with E-state index < -0.39 is 17.4 Å². The minimum absolute atomic E-state index is 0.0390. The Kier molecular flexibility index (Phi) is 4.73. The molecule has 0 heterocycles. The Hall–Kier alpha value is -1.46. The highest BCUT2D eigenvalue weighted by molar-refractivity contribution is 9.10. The van der Waals surface area contributed by atoms with E-state index in [1.165, 1.54) is 6.07 Å². The van der Waals surface area contributed by atoms with Crippen LogP contribution >= 0.6 is 27.5 Å². The first kappa shape index (κ1) is 14.9. The zero-order chi connectivity index (χ0) is 14.7. The van der Waals surface area contributed by atoms with Crippen molar-refractivity contribution in [2.45, 2.75) is 0 Å².